The summed E-state index contributed by atoms with van der Waals surface area (Å²) in [5.74, 6) is 0.966. The molecule has 2 aromatic carbocycles. The average molecular weight is 455 g/mol. The van der Waals surface area contributed by atoms with E-state index in [1.54, 1.807) is 26.4 Å². The van der Waals surface area contributed by atoms with Crippen molar-refractivity contribution in [2.45, 2.75) is 20.0 Å². The average Bonchev–Trinajstić information content (AvgIpc) is 3.19. The summed E-state index contributed by atoms with van der Waals surface area (Å²) >= 11 is 0. The molecular weight excluding hydrogens is 435 g/mol. The summed E-state index contributed by atoms with van der Waals surface area (Å²) in [7, 11) is 1.57. The number of anilines is 2. The van der Waals surface area contributed by atoms with Crippen LogP contribution in [0, 0.1) is 13.8 Å². The number of benzene rings is 2. The van der Waals surface area contributed by atoms with Gasteiger partial charge in [0.25, 0.3) is 0 Å². The van der Waals surface area contributed by atoms with E-state index >= 15 is 0 Å². The van der Waals surface area contributed by atoms with Gasteiger partial charge in [-0.1, -0.05) is 6.07 Å². The molecule has 0 unspecified atom stereocenters. The van der Waals surface area contributed by atoms with E-state index in [1.165, 1.54) is 18.2 Å². The molecule has 170 valence electrons. The van der Waals surface area contributed by atoms with Gasteiger partial charge in [-0.25, -0.2) is 9.97 Å². The van der Waals surface area contributed by atoms with Crippen LogP contribution < -0.4 is 14.8 Å². The molecule has 4 aromatic rings. The predicted molar refractivity (Wildman–Crippen MR) is 116 cm³/mol. The van der Waals surface area contributed by atoms with Crippen molar-refractivity contribution in [1.29, 1.82) is 0 Å². The lowest BCUT2D eigenvalue weighted by Gasteiger charge is -2.13. The van der Waals surface area contributed by atoms with Gasteiger partial charge in [0.15, 0.2) is 0 Å². The van der Waals surface area contributed by atoms with Crippen LogP contribution in [0.25, 0.3) is 5.69 Å². The molecule has 33 heavy (non-hydrogen) atoms. The number of aryl methyl sites for hydroxylation is 2. The molecule has 0 aliphatic rings. The van der Waals surface area contributed by atoms with Crippen molar-refractivity contribution in [3.05, 3.63) is 78.0 Å². The minimum absolute atomic E-state index is 0.0236. The van der Waals surface area contributed by atoms with Crippen molar-refractivity contribution in [3.8, 4) is 23.1 Å². The van der Waals surface area contributed by atoms with Crippen LogP contribution in [0.4, 0.5) is 24.8 Å². The molecule has 4 rings (SSSR count). The van der Waals surface area contributed by atoms with Gasteiger partial charge in [0, 0.05) is 29.7 Å². The van der Waals surface area contributed by atoms with Crippen molar-refractivity contribution in [2.75, 3.05) is 12.4 Å². The molecule has 0 spiro atoms. The quantitative estimate of drug-likeness (QED) is 0.394. The van der Waals surface area contributed by atoms with Crippen molar-refractivity contribution < 1.29 is 22.6 Å². The summed E-state index contributed by atoms with van der Waals surface area (Å²) in [6.45, 7) is 3.63. The number of hydrogen-bond acceptors (Lipinski definition) is 6. The fraction of sp³-hybridized carbons (Fsp3) is 0.174. The minimum Gasteiger partial charge on any atom is -0.494 e. The first-order valence-corrected chi connectivity index (χ1v) is 9.88. The van der Waals surface area contributed by atoms with Gasteiger partial charge in [0.2, 0.25) is 11.8 Å². The van der Waals surface area contributed by atoms with E-state index in [-0.39, 0.29) is 17.6 Å². The predicted octanol–water partition coefficient (Wildman–Crippen LogP) is 5.84. The van der Waals surface area contributed by atoms with Crippen LogP contribution >= 0.6 is 0 Å². The normalized spacial score (nSPS) is 11.3. The highest BCUT2D eigenvalue weighted by atomic mass is 19.4. The Labute approximate surface area is 187 Å². The number of aromatic nitrogens is 4. The Kier molecular flexibility index (Phi) is 5.91. The van der Waals surface area contributed by atoms with Crippen LogP contribution in [0.5, 0.6) is 17.4 Å². The summed E-state index contributed by atoms with van der Waals surface area (Å²) < 4.78 is 51.8. The lowest BCUT2D eigenvalue weighted by atomic mass is 10.2. The molecule has 0 bridgehead atoms. The first-order chi connectivity index (χ1) is 15.7. The summed E-state index contributed by atoms with van der Waals surface area (Å²) in [6, 6.07) is 11.6. The number of nitrogens with zero attached hydrogens (tertiary/aromatic N) is 4. The Bertz CT molecular complexity index is 1290. The third-order valence-corrected chi connectivity index (χ3v) is 4.64. The number of hydrogen-bond donors (Lipinski definition) is 1. The molecular formula is C23H20F3N5O2. The van der Waals surface area contributed by atoms with Gasteiger partial charge in [-0.3, -0.25) is 0 Å². The van der Waals surface area contributed by atoms with Gasteiger partial charge in [0.1, 0.15) is 11.5 Å². The Hall–Kier alpha value is -4.08. The first kappa shape index (κ1) is 22.1. The van der Waals surface area contributed by atoms with Crippen molar-refractivity contribution in [2.24, 2.45) is 0 Å². The second kappa shape index (κ2) is 8.81. The van der Waals surface area contributed by atoms with E-state index in [0.717, 1.165) is 23.5 Å². The smallest absolute Gasteiger partial charge is 0.416 e. The molecule has 0 fully saturated rings. The number of rotatable bonds is 6. The third-order valence-electron chi connectivity index (χ3n) is 4.64. The van der Waals surface area contributed by atoms with E-state index < -0.39 is 11.7 Å². The van der Waals surface area contributed by atoms with Gasteiger partial charge in [-0.05, 0) is 44.2 Å². The maximum Gasteiger partial charge on any atom is 0.416 e. The molecule has 0 aliphatic heterocycles. The number of methoxy groups -OCH3 is 1. The summed E-state index contributed by atoms with van der Waals surface area (Å²) in [5, 5.41) is 3.08. The van der Waals surface area contributed by atoms with Gasteiger partial charge in [-0.2, -0.15) is 18.2 Å². The molecule has 10 heteroatoms. The SMILES string of the molecule is COc1cc(Nc2nc(C)cc(Oc3cccc(C(F)(F)F)c3)n2)ccc1-n1cnc(C)c1. The molecule has 0 atom stereocenters. The van der Waals surface area contributed by atoms with Gasteiger partial charge in [0.05, 0.1) is 30.4 Å². The van der Waals surface area contributed by atoms with Crippen LogP contribution in [0.15, 0.2) is 61.1 Å². The Morgan fingerprint density at radius 2 is 1.79 bits per heavy atom. The van der Waals surface area contributed by atoms with Gasteiger partial charge < -0.3 is 19.4 Å². The fourth-order valence-electron chi connectivity index (χ4n) is 3.16. The standard InChI is InChI=1S/C23H20F3N5O2/c1-14-9-21(33-18-6-4-5-16(10-18)23(24,25)26)30-22(28-14)29-17-7-8-19(20(11-17)32-3)31-12-15(2)27-13-31/h4-13H,1-3H3,(H,28,29,30). The molecule has 0 saturated carbocycles. The topological polar surface area (TPSA) is 74.1 Å². The van der Waals surface area contributed by atoms with E-state index in [1.807, 2.05) is 29.8 Å². The molecule has 0 aliphatic carbocycles. The molecule has 0 radical (unpaired) electrons. The maximum atomic E-state index is 13.0. The Morgan fingerprint density at radius 1 is 0.970 bits per heavy atom. The van der Waals surface area contributed by atoms with E-state index in [2.05, 4.69) is 20.3 Å². The number of halogens is 3. The molecule has 0 amide bonds. The summed E-state index contributed by atoms with van der Waals surface area (Å²) in [5.41, 5.74) is 2.11. The molecule has 0 saturated heterocycles. The lowest BCUT2D eigenvalue weighted by Crippen LogP contribution is -2.05. The van der Waals surface area contributed by atoms with Crippen molar-refractivity contribution in [3.63, 3.8) is 0 Å². The van der Waals surface area contributed by atoms with Crippen LogP contribution in [-0.2, 0) is 6.18 Å². The Morgan fingerprint density at radius 3 is 2.48 bits per heavy atom. The molecule has 1 N–H and O–H groups in total. The van der Waals surface area contributed by atoms with E-state index in [0.29, 0.717) is 17.1 Å². The fourth-order valence-corrected chi connectivity index (χ4v) is 3.16. The highest BCUT2D eigenvalue weighted by Crippen LogP contribution is 2.33. The van der Waals surface area contributed by atoms with Crippen LogP contribution in [0.2, 0.25) is 0 Å². The molecule has 7 nitrogen and oxygen atoms in total. The highest BCUT2D eigenvalue weighted by Gasteiger charge is 2.30. The second-order valence-corrected chi connectivity index (χ2v) is 7.23. The van der Waals surface area contributed by atoms with Gasteiger partial charge in [-0.15, -0.1) is 0 Å². The van der Waals surface area contributed by atoms with Crippen LogP contribution in [0.3, 0.4) is 0 Å². The zero-order valence-corrected chi connectivity index (χ0v) is 18.0. The molecule has 2 heterocycles. The van der Waals surface area contributed by atoms with E-state index in [9.17, 15) is 13.2 Å². The summed E-state index contributed by atoms with van der Waals surface area (Å²) in [4.78, 5) is 12.8. The zero-order chi connectivity index (χ0) is 23.6. The number of ether oxygens (including phenoxy) is 2. The second-order valence-electron chi connectivity index (χ2n) is 7.23. The summed E-state index contributed by atoms with van der Waals surface area (Å²) in [6.07, 6.45) is -0.887. The number of alkyl halides is 3. The van der Waals surface area contributed by atoms with Crippen molar-refractivity contribution in [1.82, 2.24) is 19.5 Å². The first-order valence-electron chi connectivity index (χ1n) is 9.88. The largest absolute Gasteiger partial charge is 0.494 e. The zero-order valence-electron chi connectivity index (χ0n) is 18.0. The maximum absolute atomic E-state index is 13.0. The Balaban J connectivity index is 1.57. The highest BCUT2D eigenvalue weighted by molar-refractivity contribution is 5.62. The lowest BCUT2D eigenvalue weighted by molar-refractivity contribution is -0.137. The van der Waals surface area contributed by atoms with Crippen LogP contribution in [0.1, 0.15) is 17.0 Å². The molecule has 2 aromatic heterocycles. The number of nitrogens with one attached hydrogen (secondary N) is 1. The third kappa shape index (κ3) is 5.22. The minimum atomic E-state index is -4.46. The van der Waals surface area contributed by atoms with Crippen molar-refractivity contribution >= 4 is 11.6 Å². The number of imidazole rings is 1. The van der Waals surface area contributed by atoms with Gasteiger partial charge >= 0.3 is 6.18 Å². The van der Waals surface area contributed by atoms with Crippen LogP contribution in [-0.4, -0.2) is 26.6 Å². The monoisotopic (exact) mass is 455 g/mol. The van der Waals surface area contributed by atoms with E-state index in [4.69, 9.17) is 9.47 Å².